The minimum Gasteiger partial charge on any atom is -0.507 e. The van der Waals surface area contributed by atoms with Gasteiger partial charge in [0.1, 0.15) is 10.8 Å². The molecule has 2 aliphatic heterocycles. The number of thiazole rings is 2. The Kier molecular flexibility index (Phi) is 3.90. The lowest BCUT2D eigenvalue weighted by molar-refractivity contribution is 0.387. The van der Waals surface area contributed by atoms with Gasteiger partial charge in [0, 0.05) is 37.9 Å². The standard InChI is InChI=1S/C20H20N6OS2/c1-25-7-13-9-26(10-14(13)8-25)20-24-19-18(29-20)23-17(28-19)15-3-2-11(4-16(15)27)12-5-21-22-6-12/h2-6,13-14,27H,7-10H2,1H3,(H,21,22)/t13-,14+. The molecule has 0 aliphatic carbocycles. The molecule has 6 rings (SSSR count). The summed E-state index contributed by atoms with van der Waals surface area (Å²) in [5.41, 5.74) is 2.61. The van der Waals surface area contributed by atoms with E-state index in [4.69, 9.17) is 9.97 Å². The lowest BCUT2D eigenvalue weighted by Gasteiger charge is -2.17. The van der Waals surface area contributed by atoms with Crippen LogP contribution in [0.4, 0.5) is 5.13 Å². The number of H-pyrrole nitrogens is 1. The summed E-state index contributed by atoms with van der Waals surface area (Å²) in [7, 11) is 2.21. The van der Waals surface area contributed by atoms with E-state index in [1.807, 2.05) is 18.3 Å². The summed E-state index contributed by atoms with van der Waals surface area (Å²) in [6.07, 6.45) is 3.55. The third-order valence-electron chi connectivity index (χ3n) is 5.96. The topological polar surface area (TPSA) is 81.2 Å². The van der Waals surface area contributed by atoms with Crippen LogP contribution in [0.15, 0.2) is 30.6 Å². The van der Waals surface area contributed by atoms with E-state index in [2.05, 4.69) is 27.0 Å². The summed E-state index contributed by atoms with van der Waals surface area (Å²) in [6, 6.07) is 5.65. The fourth-order valence-electron chi connectivity index (χ4n) is 4.57. The second-order valence-electron chi connectivity index (χ2n) is 7.99. The first kappa shape index (κ1) is 17.4. The van der Waals surface area contributed by atoms with E-state index >= 15 is 0 Å². The number of rotatable bonds is 3. The summed E-state index contributed by atoms with van der Waals surface area (Å²) in [5, 5.41) is 19.2. The van der Waals surface area contributed by atoms with Gasteiger partial charge in [-0.15, -0.1) is 0 Å². The van der Waals surface area contributed by atoms with Gasteiger partial charge in [0.2, 0.25) is 0 Å². The first-order chi connectivity index (χ1) is 14.1. The zero-order valence-corrected chi connectivity index (χ0v) is 17.5. The molecule has 3 aromatic heterocycles. The van der Waals surface area contributed by atoms with Gasteiger partial charge in [0.25, 0.3) is 0 Å². The van der Waals surface area contributed by atoms with Crippen molar-refractivity contribution in [3.8, 4) is 27.4 Å². The third kappa shape index (κ3) is 2.92. The number of fused-ring (bicyclic) bond motifs is 2. The van der Waals surface area contributed by atoms with Crippen LogP contribution in [0.2, 0.25) is 0 Å². The summed E-state index contributed by atoms with van der Waals surface area (Å²) >= 11 is 3.21. The molecule has 2 atom stereocenters. The largest absolute Gasteiger partial charge is 0.507 e. The summed E-state index contributed by atoms with van der Waals surface area (Å²) < 4.78 is 0. The SMILES string of the molecule is CN1C[C@@H]2CN(c3nc4sc(-c5ccc(-c6cn[nH]c6)cc5O)nc4s3)C[C@@H]2C1. The smallest absolute Gasteiger partial charge is 0.188 e. The number of aromatic amines is 1. The van der Waals surface area contributed by atoms with E-state index < -0.39 is 0 Å². The number of nitrogens with zero attached hydrogens (tertiary/aromatic N) is 5. The Hall–Kier alpha value is -2.49. The molecule has 2 saturated heterocycles. The van der Waals surface area contributed by atoms with E-state index in [1.54, 1.807) is 34.9 Å². The Morgan fingerprint density at radius 2 is 1.83 bits per heavy atom. The number of phenolic OH excluding ortho intramolecular Hbond substituents is 1. The van der Waals surface area contributed by atoms with Crippen LogP contribution in [0.3, 0.4) is 0 Å². The van der Waals surface area contributed by atoms with Crippen LogP contribution in [-0.4, -0.2) is 63.4 Å². The monoisotopic (exact) mass is 424 g/mol. The van der Waals surface area contributed by atoms with Crippen molar-refractivity contribution in [3.05, 3.63) is 30.6 Å². The molecule has 0 radical (unpaired) electrons. The van der Waals surface area contributed by atoms with Gasteiger partial charge in [0.15, 0.2) is 14.8 Å². The summed E-state index contributed by atoms with van der Waals surface area (Å²) in [6.45, 7) is 4.58. The highest BCUT2D eigenvalue weighted by molar-refractivity contribution is 7.29. The lowest BCUT2D eigenvalue weighted by Crippen LogP contribution is -2.26. The number of nitrogens with one attached hydrogen (secondary N) is 1. The second-order valence-corrected chi connectivity index (χ2v) is 9.92. The van der Waals surface area contributed by atoms with Crippen molar-refractivity contribution in [1.29, 1.82) is 0 Å². The zero-order valence-electron chi connectivity index (χ0n) is 15.9. The average Bonchev–Trinajstić information content (AvgIpc) is 3.46. The van der Waals surface area contributed by atoms with Crippen molar-refractivity contribution in [2.45, 2.75) is 0 Å². The first-order valence-corrected chi connectivity index (χ1v) is 11.3. The minimum absolute atomic E-state index is 0.224. The van der Waals surface area contributed by atoms with Crippen molar-refractivity contribution in [2.75, 3.05) is 38.1 Å². The van der Waals surface area contributed by atoms with Gasteiger partial charge in [-0.25, -0.2) is 9.97 Å². The van der Waals surface area contributed by atoms with Crippen LogP contribution in [0.1, 0.15) is 0 Å². The van der Waals surface area contributed by atoms with E-state index in [0.29, 0.717) is 0 Å². The normalized spacial score (nSPS) is 22.0. The molecule has 0 spiro atoms. The van der Waals surface area contributed by atoms with Gasteiger partial charge in [-0.2, -0.15) is 5.10 Å². The Balaban J connectivity index is 1.26. The molecule has 2 aliphatic rings. The van der Waals surface area contributed by atoms with Crippen LogP contribution in [-0.2, 0) is 0 Å². The zero-order chi connectivity index (χ0) is 19.5. The summed E-state index contributed by atoms with van der Waals surface area (Å²) in [5.74, 6) is 1.74. The molecule has 2 fully saturated rings. The van der Waals surface area contributed by atoms with Gasteiger partial charge in [-0.05, 0) is 36.6 Å². The first-order valence-electron chi connectivity index (χ1n) is 9.67. The van der Waals surface area contributed by atoms with E-state index in [1.165, 1.54) is 13.1 Å². The maximum atomic E-state index is 10.6. The number of anilines is 1. The van der Waals surface area contributed by atoms with Crippen LogP contribution in [0.25, 0.3) is 31.4 Å². The number of likely N-dealkylation sites (tertiary alicyclic amines) is 1. The number of aromatic nitrogens is 4. The molecule has 4 aromatic rings. The second kappa shape index (κ2) is 6.51. The molecule has 5 heterocycles. The van der Waals surface area contributed by atoms with Crippen LogP contribution >= 0.6 is 22.7 Å². The fourth-order valence-corrected chi connectivity index (χ4v) is 6.66. The summed E-state index contributed by atoms with van der Waals surface area (Å²) in [4.78, 5) is 16.4. The predicted molar refractivity (Wildman–Crippen MR) is 117 cm³/mol. The average molecular weight is 425 g/mol. The molecular weight excluding hydrogens is 404 g/mol. The van der Waals surface area contributed by atoms with E-state index in [-0.39, 0.29) is 5.75 Å². The highest BCUT2D eigenvalue weighted by Crippen LogP contribution is 2.42. The van der Waals surface area contributed by atoms with Crippen molar-refractivity contribution >= 4 is 37.5 Å². The Bertz CT molecular complexity index is 1140. The molecule has 29 heavy (non-hydrogen) atoms. The van der Waals surface area contributed by atoms with Crippen LogP contribution in [0.5, 0.6) is 5.75 Å². The Morgan fingerprint density at radius 1 is 1.03 bits per heavy atom. The highest BCUT2D eigenvalue weighted by atomic mass is 32.1. The molecule has 2 N–H and O–H groups in total. The van der Waals surface area contributed by atoms with Gasteiger partial charge in [-0.1, -0.05) is 28.7 Å². The van der Waals surface area contributed by atoms with Crippen LogP contribution in [0, 0.1) is 11.8 Å². The Labute approximate surface area is 175 Å². The van der Waals surface area contributed by atoms with E-state index in [0.717, 1.165) is 61.4 Å². The Morgan fingerprint density at radius 3 is 2.52 bits per heavy atom. The van der Waals surface area contributed by atoms with Crippen molar-refractivity contribution in [1.82, 2.24) is 25.1 Å². The molecule has 0 amide bonds. The maximum Gasteiger partial charge on any atom is 0.188 e. The van der Waals surface area contributed by atoms with Gasteiger partial charge >= 0.3 is 0 Å². The highest BCUT2D eigenvalue weighted by Gasteiger charge is 2.39. The lowest BCUT2D eigenvalue weighted by atomic mass is 10.0. The van der Waals surface area contributed by atoms with E-state index in [9.17, 15) is 5.11 Å². The fraction of sp³-hybridized carbons (Fsp3) is 0.350. The molecule has 7 nitrogen and oxygen atoms in total. The number of phenols is 1. The number of hydrogen-bond donors (Lipinski definition) is 2. The molecule has 1 aromatic carbocycles. The number of aromatic hydroxyl groups is 1. The quantitative estimate of drug-likeness (QED) is 0.524. The predicted octanol–water partition coefficient (Wildman–Crippen LogP) is 3.51. The van der Waals surface area contributed by atoms with Gasteiger partial charge < -0.3 is 14.9 Å². The molecule has 148 valence electrons. The molecule has 0 bridgehead atoms. The van der Waals surface area contributed by atoms with Crippen molar-refractivity contribution in [2.24, 2.45) is 11.8 Å². The molecule has 0 saturated carbocycles. The van der Waals surface area contributed by atoms with Crippen molar-refractivity contribution in [3.63, 3.8) is 0 Å². The molecular formula is C20H20N6OS2. The molecule has 9 heteroatoms. The van der Waals surface area contributed by atoms with Gasteiger partial charge in [0.05, 0.1) is 11.8 Å². The van der Waals surface area contributed by atoms with Crippen molar-refractivity contribution < 1.29 is 5.11 Å². The maximum absolute atomic E-state index is 10.6. The van der Waals surface area contributed by atoms with Crippen LogP contribution < -0.4 is 4.90 Å². The van der Waals surface area contributed by atoms with Gasteiger partial charge in [-0.3, -0.25) is 5.10 Å². The number of benzene rings is 1. The minimum atomic E-state index is 0.224. The number of hydrogen-bond acceptors (Lipinski definition) is 8. The third-order valence-corrected chi connectivity index (χ3v) is 8.09. The molecule has 0 unspecified atom stereocenters.